The second kappa shape index (κ2) is 17.0. The highest BCUT2D eigenvalue weighted by Gasteiger charge is 2.38. The second-order valence-electron chi connectivity index (χ2n) is 13.5. The van der Waals surface area contributed by atoms with Crippen molar-refractivity contribution in [3.05, 3.63) is 88.7 Å². The third kappa shape index (κ3) is 9.41. The van der Waals surface area contributed by atoms with Gasteiger partial charge in [-0.2, -0.15) is 9.46 Å². The minimum atomic E-state index is -0.950. The van der Waals surface area contributed by atoms with Crippen LogP contribution in [0.4, 0.5) is 5.69 Å². The lowest BCUT2D eigenvalue weighted by atomic mass is 9.70. The van der Waals surface area contributed by atoms with E-state index in [0.29, 0.717) is 48.5 Å². The van der Waals surface area contributed by atoms with E-state index >= 15 is 0 Å². The molecule has 0 spiro atoms. The summed E-state index contributed by atoms with van der Waals surface area (Å²) >= 11 is 6.24. The van der Waals surface area contributed by atoms with Crippen LogP contribution in [-0.2, 0) is 40.3 Å². The fraction of sp³-hybridized carbons (Fsp3) is 0.500. The SMILES string of the molecule is CO[C@H]1/C=C/CCCS(NC(=O)CCc2ccnn2C)=NC(=O)c2ccc3c(c2)N(CC(CCCc2cccc(Cl)c2)CO3)C[C@@H]2CC[C@H]21. The Bertz CT molecular complexity index is 1670. The first-order valence-electron chi connectivity index (χ1n) is 17.6. The third-order valence-electron chi connectivity index (χ3n) is 10.1. The Kier molecular flexibility index (Phi) is 12.2. The molecular weight excluding hydrogens is 658 g/mol. The molecule has 262 valence electrons. The molecule has 3 heterocycles. The summed E-state index contributed by atoms with van der Waals surface area (Å²) in [4.78, 5) is 29.2. The first kappa shape index (κ1) is 35.4. The van der Waals surface area contributed by atoms with Gasteiger partial charge in [-0.1, -0.05) is 35.9 Å². The lowest BCUT2D eigenvalue weighted by molar-refractivity contribution is -0.119. The van der Waals surface area contributed by atoms with Gasteiger partial charge in [0.05, 0.1) is 18.4 Å². The zero-order chi connectivity index (χ0) is 34.2. The minimum Gasteiger partial charge on any atom is -0.491 e. The molecule has 0 radical (unpaired) electrons. The molecular formula is C38H48ClN5O4S. The van der Waals surface area contributed by atoms with Gasteiger partial charge in [-0.15, -0.1) is 0 Å². The van der Waals surface area contributed by atoms with Gasteiger partial charge in [0.25, 0.3) is 5.91 Å². The van der Waals surface area contributed by atoms with Crippen LogP contribution in [0.3, 0.4) is 0 Å². The van der Waals surface area contributed by atoms with E-state index in [1.807, 2.05) is 56.6 Å². The molecule has 2 unspecified atom stereocenters. The fourth-order valence-electron chi connectivity index (χ4n) is 7.17. The molecule has 1 saturated carbocycles. The summed E-state index contributed by atoms with van der Waals surface area (Å²) in [5, 5.41) is 4.96. The van der Waals surface area contributed by atoms with Gasteiger partial charge < -0.3 is 14.4 Å². The van der Waals surface area contributed by atoms with Crippen LogP contribution in [0.5, 0.6) is 5.75 Å². The number of amides is 2. The van der Waals surface area contributed by atoms with Crippen molar-refractivity contribution >= 4 is 40.0 Å². The van der Waals surface area contributed by atoms with Crippen LogP contribution in [0.15, 0.2) is 71.2 Å². The number of hydrogen-bond donors (Lipinski definition) is 1. The number of carbonyl (C=O) groups excluding carboxylic acids is 2. The molecule has 2 aromatic carbocycles. The number of rotatable bonds is 9. The number of halogens is 1. The normalized spacial score (nSPS) is 24.8. The summed E-state index contributed by atoms with van der Waals surface area (Å²) in [7, 11) is 2.73. The molecule has 3 aliphatic rings. The van der Waals surface area contributed by atoms with Crippen molar-refractivity contribution in [2.45, 2.75) is 63.9 Å². The predicted molar refractivity (Wildman–Crippen MR) is 196 cm³/mol. The average molecular weight is 706 g/mol. The fourth-order valence-corrected chi connectivity index (χ4v) is 8.73. The van der Waals surface area contributed by atoms with E-state index in [4.69, 9.17) is 21.1 Å². The molecule has 2 aliphatic heterocycles. The molecule has 2 amide bonds. The van der Waals surface area contributed by atoms with Crippen LogP contribution >= 0.6 is 11.6 Å². The zero-order valence-electron chi connectivity index (χ0n) is 28.6. The summed E-state index contributed by atoms with van der Waals surface area (Å²) in [6.07, 6.45) is 14.0. The number of methoxy groups -OCH3 is 1. The van der Waals surface area contributed by atoms with Crippen molar-refractivity contribution in [2.24, 2.45) is 29.2 Å². The molecule has 11 heteroatoms. The largest absolute Gasteiger partial charge is 0.491 e. The van der Waals surface area contributed by atoms with Crippen molar-refractivity contribution < 1.29 is 19.1 Å². The highest BCUT2D eigenvalue weighted by atomic mass is 35.5. The monoisotopic (exact) mass is 705 g/mol. The summed E-state index contributed by atoms with van der Waals surface area (Å²) < 4.78 is 21.9. The van der Waals surface area contributed by atoms with E-state index in [0.717, 1.165) is 80.2 Å². The highest BCUT2D eigenvalue weighted by Crippen LogP contribution is 2.42. The van der Waals surface area contributed by atoms with Gasteiger partial charge in [0.2, 0.25) is 5.91 Å². The van der Waals surface area contributed by atoms with Gasteiger partial charge in [0.15, 0.2) is 0 Å². The van der Waals surface area contributed by atoms with Crippen molar-refractivity contribution in [2.75, 3.05) is 37.5 Å². The van der Waals surface area contributed by atoms with Crippen molar-refractivity contribution in [3.63, 3.8) is 0 Å². The van der Waals surface area contributed by atoms with Gasteiger partial charge in [-0.05, 0) is 105 Å². The number of nitrogens with zero attached hydrogens (tertiary/aromatic N) is 4. The molecule has 1 aliphatic carbocycles. The first-order chi connectivity index (χ1) is 23.9. The van der Waals surface area contributed by atoms with Crippen LogP contribution in [-0.4, -0.2) is 60.3 Å². The Labute approximate surface area is 297 Å². The predicted octanol–water partition coefficient (Wildman–Crippen LogP) is 6.91. The van der Waals surface area contributed by atoms with Gasteiger partial charge in [-0.3, -0.25) is 19.0 Å². The molecule has 1 aromatic heterocycles. The van der Waals surface area contributed by atoms with Crippen LogP contribution in [0, 0.1) is 17.8 Å². The smallest absolute Gasteiger partial charge is 0.284 e. The Balaban J connectivity index is 1.23. The van der Waals surface area contributed by atoms with E-state index in [-0.39, 0.29) is 17.9 Å². The summed E-state index contributed by atoms with van der Waals surface area (Å²) in [5.74, 6) is 2.22. The van der Waals surface area contributed by atoms with E-state index in [1.165, 1.54) is 5.56 Å². The second-order valence-corrected chi connectivity index (χ2v) is 15.5. The number of ether oxygens (including phenoxy) is 2. The molecule has 0 saturated heterocycles. The minimum absolute atomic E-state index is 0.0606. The van der Waals surface area contributed by atoms with Crippen molar-refractivity contribution in [3.8, 4) is 5.75 Å². The van der Waals surface area contributed by atoms with Gasteiger partial charge in [0.1, 0.15) is 5.75 Å². The number of hydrogen-bond acceptors (Lipinski definition) is 6. The molecule has 49 heavy (non-hydrogen) atoms. The third-order valence-corrected chi connectivity index (χ3v) is 11.8. The Morgan fingerprint density at radius 2 is 2.04 bits per heavy atom. The molecule has 5 atom stereocenters. The number of nitrogens with one attached hydrogen (secondary N) is 1. The van der Waals surface area contributed by atoms with E-state index in [2.05, 4.69) is 37.3 Å². The molecule has 1 N–H and O–H groups in total. The number of benzene rings is 2. The number of aryl methyl sites for hydroxylation is 3. The summed E-state index contributed by atoms with van der Waals surface area (Å²) in [6, 6.07) is 15.7. The maximum Gasteiger partial charge on any atom is 0.284 e. The van der Waals surface area contributed by atoms with Crippen molar-refractivity contribution in [1.82, 2.24) is 14.5 Å². The molecule has 3 aromatic rings. The van der Waals surface area contributed by atoms with Crippen LogP contribution in [0.2, 0.25) is 5.02 Å². The average Bonchev–Trinajstić information content (AvgIpc) is 3.41. The number of aromatic nitrogens is 2. The number of allylic oxidation sites excluding steroid dienone is 1. The highest BCUT2D eigenvalue weighted by molar-refractivity contribution is 7.86. The number of fused-ring (bicyclic) bond motifs is 2. The van der Waals surface area contributed by atoms with Crippen LogP contribution in [0.1, 0.15) is 66.6 Å². The van der Waals surface area contributed by atoms with Gasteiger partial charge >= 0.3 is 0 Å². The molecule has 1 fully saturated rings. The maximum absolute atomic E-state index is 13.7. The topological polar surface area (TPSA) is 98.0 Å². The van der Waals surface area contributed by atoms with Crippen LogP contribution in [0.25, 0.3) is 0 Å². The quantitative estimate of drug-likeness (QED) is 0.243. The van der Waals surface area contributed by atoms with Crippen LogP contribution < -0.4 is 14.4 Å². The first-order valence-corrected chi connectivity index (χ1v) is 19.3. The molecule has 6 rings (SSSR count). The number of anilines is 1. The van der Waals surface area contributed by atoms with E-state index in [1.54, 1.807) is 10.9 Å². The maximum atomic E-state index is 13.7. The summed E-state index contributed by atoms with van der Waals surface area (Å²) in [5.41, 5.74) is 3.69. The lowest BCUT2D eigenvalue weighted by Crippen LogP contribution is -2.44. The van der Waals surface area contributed by atoms with Gasteiger partial charge in [0, 0.05) is 78.7 Å². The molecule has 2 bridgehead atoms. The standard InChI is InChI=1S/C38H48ClN5O4S/c1-43-32(19-20-40-43)15-18-37(45)41-49-21-5-3-4-12-35(47-2)33-16-13-30(33)25-44-24-28(10-6-8-27-9-7-11-31(39)22-27)26-48-36-17-14-29(23-34(36)44)38(46)42-49/h4,7,9,11-12,14,17,19-20,22-23,28,30,33,35H,3,5-6,8,10,13,15-16,18,21,24-26H2,1-2H3,(H,41,42,45,46)/b12-4+/t28?,30-,33+,35-,49?/m0/s1. The van der Waals surface area contributed by atoms with Gasteiger partial charge in [-0.25, -0.2) is 0 Å². The van der Waals surface area contributed by atoms with E-state index < -0.39 is 10.9 Å². The summed E-state index contributed by atoms with van der Waals surface area (Å²) in [6.45, 7) is 2.36. The van der Waals surface area contributed by atoms with E-state index in [9.17, 15) is 9.59 Å². The Morgan fingerprint density at radius 3 is 2.82 bits per heavy atom. The lowest BCUT2D eigenvalue weighted by Gasteiger charge is -2.43. The molecule has 9 nitrogen and oxygen atoms in total. The number of carbonyl (C=O) groups is 2. The zero-order valence-corrected chi connectivity index (χ0v) is 30.1. The van der Waals surface area contributed by atoms with Crippen molar-refractivity contribution in [1.29, 1.82) is 0 Å². The Morgan fingerprint density at radius 1 is 1.14 bits per heavy atom. The Hall–Kier alpha value is -3.47.